The molecule has 3 rings (SSSR count). The Kier molecular flexibility index (Phi) is 7.07. The van der Waals surface area contributed by atoms with E-state index < -0.39 is 0 Å². The summed E-state index contributed by atoms with van der Waals surface area (Å²) in [5, 5.41) is 3.43. The Morgan fingerprint density at radius 3 is 2.30 bits per heavy atom. The van der Waals surface area contributed by atoms with E-state index >= 15 is 0 Å². The first kappa shape index (κ1) is 18.4. The van der Waals surface area contributed by atoms with Crippen LogP contribution in [0.25, 0.3) is 0 Å². The predicted molar refractivity (Wildman–Crippen MR) is 97.5 cm³/mol. The first-order chi connectivity index (χ1) is 10.7. The van der Waals surface area contributed by atoms with E-state index in [0.717, 1.165) is 37.4 Å². The molecule has 0 unspecified atom stereocenters. The van der Waals surface area contributed by atoms with Gasteiger partial charge in [-0.1, -0.05) is 29.8 Å². The number of piperidine rings is 2. The zero-order chi connectivity index (χ0) is 15.4. The molecule has 0 atom stereocenters. The van der Waals surface area contributed by atoms with Crippen molar-refractivity contribution in [3.63, 3.8) is 0 Å². The van der Waals surface area contributed by atoms with E-state index in [1.807, 2.05) is 24.3 Å². The first-order valence-electron chi connectivity index (χ1n) is 8.76. The summed E-state index contributed by atoms with van der Waals surface area (Å²) in [6.45, 7) is 7.82. The van der Waals surface area contributed by atoms with Gasteiger partial charge in [0.25, 0.3) is 0 Å². The fourth-order valence-corrected chi connectivity index (χ4v) is 3.76. The van der Waals surface area contributed by atoms with Crippen molar-refractivity contribution in [2.75, 3.05) is 32.7 Å². The van der Waals surface area contributed by atoms with E-state index in [2.05, 4.69) is 17.1 Å². The monoisotopic (exact) mass is 336 g/mol. The Hall–Kier alpha value is -0.900. The normalized spacial score (nSPS) is 20.9. The quantitative estimate of drug-likeness (QED) is 0.856. The van der Waals surface area contributed by atoms with Crippen molar-refractivity contribution >= 4 is 18.2 Å². The third-order valence-electron chi connectivity index (χ3n) is 5.27. The lowest BCUT2D eigenvalue weighted by Crippen LogP contribution is -2.41. The van der Waals surface area contributed by atoms with Crippen LogP contribution < -0.4 is 5.32 Å². The van der Waals surface area contributed by atoms with E-state index in [1.165, 1.54) is 38.0 Å². The summed E-state index contributed by atoms with van der Waals surface area (Å²) in [5.74, 6) is 1.43. The molecule has 1 aromatic rings. The number of likely N-dealkylation sites (tertiary alicyclic amines) is 1. The molecule has 128 valence electrons. The van der Waals surface area contributed by atoms with Gasteiger partial charge in [0, 0.05) is 18.0 Å². The second-order valence-electron chi connectivity index (χ2n) is 7.00. The summed E-state index contributed by atoms with van der Waals surface area (Å²) >= 11 is 0. The Bertz CT molecular complexity index is 489. The zero-order valence-corrected chi connectivity index (χ0v) is 14.9. The topological polar surface area (TPSA) is 32.3 Å². The molecule has 0 spiro atoms. The molecule has 23 heavy (non-hydrogen) atoms. The van der Waals surface area contributed by atoms with Crippen LogP contribution in [0.5, 0.6) is 0 Å². The number of Topliss-reactive ketones (excluding diaryl/α,β-unsaturated/α-hetero) is 1. The summed E-state index contributed by atoms with van der Waals surface area (Å²) in [5.41, 5.74) is 2.11. The molecular weight excluding hydrogens is 308 g/mol. The summed E-state index contributed by atoms with van der Waals surface area (Å²) in [7, 11) is 0. The number of halogens is 1. The van der Waals surface area contributed by atoms with Crippen molar-refractivity contribution in [1.29, 1.82) is 0 Å². The third kappa shape index (κ3) is 5.03. The van der Waals surface area contributed by atoms with Crippen LogP contribution in [0, 0.1) is 18.8 Å². The van der Waals surface area contributed by atoms with Crippen molar-refractivity contribution in [2.24, 2.45) is 11.8 Å². The molecule has 2 aliphatic heterocycles. The van der Waals surface area contributed by atoms with E-state index in [0.29, 0.717) is 5.78 Å². The molecule has 0 amide bonds. The smallest absolute Gasteiger partial charge is 0.166 e. The summed E-state index contributed by atoms with van der Waals surface area (Å²) in [6.07, 6.45) is 4.67. The van der Waals surface area contributed by atoms with Crippen molar-refractivity contribution in [3.05, 3.63) is 35.4 Å². The number of rotatable bonds is 4. The number of benzene rings is 1. The molecule has 0 saturated carbocycles. The molecule has 2 aliphatic rings. The Balaban J connectivity index is 0.00000192. The molecule has 1 N–H and O–H groups in total. The summed E-state index contributed by atoms with van der Waals surface area (Å²) < 4.78 is 0. The maximum Gasteiger partial charge on any atom is 0.166 e. The standard InChI is InChI=1S/C19H28N2O.ClH/c1-15-2-4-17(5-3-15)19(22)18-8-12-21(13-9-18)14-16-6-10-20-11-7-16;/h2-5,16,18,20H,6-14H2,1H3;1H. The molecule has 0 radical (unpaired) electrons. The lowest BCUT2D eigenvalue weighted by atomic mass is 9.88. The van der Waals surface area contributed by atoms with Gasteiger partial charge in [-0.2, -0.15) is 0 Å². The number of aryl methyl sites for hydroxylation is 1. The van der Waals surface area contributed by atoms with Crippen LogP contribution in [0.4, 0.5) is 0 Å². The van der Waals surface area contributed by atoms with Crippen LogP contribution in [0.2, 0.25) is 0 Å². The highest BCUT2D eigenvalue weighted by Crippen LogP contribution is 2.24. The van der Waals surface area contributed by atoms with Crippen LogP contribution >= 0.6 is 12.4 Å². The maximum absolute atomic E-state index is 12.6. The molecule has 0 aromatic heterocycles. The maximum atomic E-state index is 12.6. The zero-order valence-electron chi connectivity index (χ0n) is 14.1. The van der Waals surface area contributed by atoms with Gasteiger partial charge in [0.05, 0.1) is 0 Å². The summed E-state index contributed by atoms with van der Waals surface area (Å²) in [4.78, 5) is 15.2. The molecule has 0 aliphatic carbocycles. The highest BCUT2D eigenvalue weighted by molar-refractivity contribution is 5.97. The lowest BCUT2D eigenvalue weighted by molar-refractivity contribution is 0.0819. The van der Waals surface area contributed by atoms with E-state index in [9.17, 15) is 4.79 Å². The van der Waals surface area contributed by atoms with Gasteiger partial charge in [-0.3, -0.25) is 4.79 Å². The predicted octanol–water partition coefficient (Wildman–Crippen LogP) is 3.31. The second kappa shape index (κ2) is 8.81. The SMILES string of the molecule is Cc1ccc(C(=O)C2CCN(CC3CCNCC3)CC2)cc1.Cl. The van der Waals surface area contributed by atoms with Gasteiger partial charge >= 0.3 is 0 Å². The number of ketones is 1. The first-order valence-corrected chi connectivity index (χ1v) is 8.76. The van der Waals surface area contributed by atoms with Crippen LogP contribution in [0.3, 0.4) is 0 Å². The Morgan fingerprint density at radius 2 is 1.70 bits per heavy atom. The number of hydrogen-bond acceptors (Lipinski definition) is 3. The molecule has 4 heteroatoms. The van der Waals surface area contributed by atoms with Crippen LogP contribution in [-0.4, -0.2) is 43.4 Å². The van der Waals surface area contributed by atoms with E-state index in [1.54, 1.807) is 0 Å². The van der Waals surface area contributed by atoms with Gasteiger partial charge < -0.3 is 10.2 Å². The van der Waals surface area contributed by atoms with Crippen molar-refractivity contribution in [1.82, 2.24) is 10.2 Å². The Morgan fingerprint density at radius 1 is 1.09 bits per heavy atom. The molecule has 2 saturated heterocycles. The highest BCUT2D eigenvalue weighted by atomic mass is 35.5. The van der Waals surface area contributed by atoms with Gasteiger partial charge in [0.1, 0.15) is 0 Å². The van der Waals surface area contributed by atoms with E-state index in [4.69, 9.17) is 0 Å². The number of carbonyl (C=O) groups is 1. The molecule has 3 nitrogen and oxygen atoms in total. The molecule has 2 heterocycles. The molecular formula is C19H29ClN2O. The van der Waals surface area contributed by atoms with Crippen LogP contribution in [0.15, 0.2) is 24.3 Å². The van der Waals surface area contributed by atoms with Crippen LogP contribution in [0.1, 0.15) is 41.6 Å². The largest absolute Gasteiger partial charge is 0.317 e. The minimum atomic E-state index is 0. The van der Waals surface area contributed by atoms with Gasteiger partial charge in [-0.15, -0.1) is 12.4 Å². The average Bonchev–Trinajstić information content (AvgIpc) is 2.57. The lowest BCUT2D eigenvalue weighted by Gasteiger charge is -2.35. The number of nitrogens with zero attached hydrogens (tertiary/aromatic N) is 1. The van der Waals surface area contributed by atoms with Gasteiger partial charge in [0.2, 0.25) is 0 Å². The highest BCUT2D eigenvalue weighted by Gasteiger charge is 2.27. The minimum Gasteiger partial charge on any atom is -0.317 e. The van der Waals surface area contributed by atoms with Gasteiger partial charge in [-0.05, 0) is 64.7 Å². The molecule has 0 bridgehead atoms. The number of hydrogen-bond donors (Lipinski definition) is 1. The van der Waals surface area contributed by atoms with Crippen molar-refractivity contribution in [3.8, 4) is 0 Å². The fourth-order valence-electron chi connectivity index (χ4n) is 3.76. The molecule has 2 fully saturated rings. The Labute approximate surface area is 146 Å². The number of nitrogens with one attached hydrogen (secondary N) is 1. The van der Waals surface area contributed by atoms with Gasteiger partial charge in [0.15, 0.2) is 5.78 Å². The van der Waals surface area contributed by atoms with Crippen molar-refractivity contribution in [2.45, 2.75) is 32.6 Å². The average molecular weight is 337 g/mol. The number of carbonyl (C=O) groups excluding carboxylic acids is 1. The fraction of sp³-hybridized carbons (Fsp3) is 0.632. The summed E-state index contributed by atoms with van der Waals surface area (Å²) in [6, 6.07) is 8.05. The van der Waals surface area contributed by atoms with Crippen molar-refractivity contribution < 1.29 is 4.79 Å². The molecule has 1 aromatic carbocycles. The van der Waals surface area contributed by atoms with Crippen LogP contribution in [-0.2, 0) is 0 Å². The van der Waals surface area contributed by atoms with E-state index in [-0.39, 0.29) is 18.3 Å². The van der Waals surface area contributed by atoms with Gasteiger partial charge in [-0.25, -0.2) is 0 Å². The minimum absolute atomic E-state index is 0. The third-order valence-corrected chi connectivity index (χ3v) is 5.27. The second-order valence-corrected chi connectivity index (χ2v) is 7.00.